The Morgan fingerprint density at radius 3 is 2.52 bits per heavy atom. The van der Waals surface area contributed by atoms with E-state index in [0.717, 1.165) is 51.2 Å². The van der Waals surface area contributed by atoms with Crippen LogP contribution in [0.15, 0.2) is 4.99 Å². The fourth-order valence-electron chi connectivity index (χ4n) is 4.40. The molecule has 0 aromatic carbocycles. The number of nitrogens with zero attached hydrogens (tertiary/aromatic N) is 2. The van der Waals surface area contributed by atoms with Crippen LogP contribution in [-0.4, -0.2) is 63.8 Å². The van der Waals surface area contributed by atoms with Gasteiger partial charge in [-0.3, -0.25) is 4.99 Å². The van der Waals surface area contributed by atoms with E-state index in [1.54, 1.807) is 7.11 Å². The molecule has 5 heteroatoms. The minimum Gasteiger partial charge on any atom is -0.385 e. The lowest BCUT2D eigenvalue weighted by Gasteiger charge is -2.27. The number of aliphatic imine (C=N–C) groups is 1. The van der Waals surface area contributed by atoms with Crippen molar-refractivity contribution in [2.75, 3.05) is 46.9 Å². The van der Waals surface area contributed by atoms with Gasteiger partial charge in [0.15, 0.2) is 5.96 Å². The fourth-order valence-corrected chi connectivity index (χ4v) is 4.40. The van der Waals surface area contributed by atoms with Crippen molar-refractivity contribution in [3.63, 3.8) is 0 Å². The quantitative estimate of drug-likeness (QED) is 0.469. The molecule has 0 heterocycles. The molecule has 0 aromatic heterocycles. The van der Waals surface area contributed by atoms with Gasteiger partial charge in [-0.25, -0.2) is 0 Å². The molecule has 2 aliphatic carbocycles. The molecule has 25 heavy (non-hydrogen) atoms. The molecule has 0 atom stereocenters. The molecule has 0 bridgehead atoms. The maximum atomic E-state index is 5.34. The standard InChI is InChI=1S/C20H40N4O/c1-4-21-19(22-14-15-24(2)18-9-5-6-10-18)23-17-20(13-16-25-3)11-7-8-12-20/h18H,4-17H2,1-3H3,(H2,21,22,23). The maximum Gasteiger partial charge on any atom is 0.191 e. The first kappa shape index (κ1) is 20.5. The highest BCUT2D eigenvalue weighted by Gasteiger charge is 2.33. The molecule has 0 saturated heterocycles. The number of nitrogens with one attached hydrogen (secondary N) is 2. The van der Waals surface area contributed by atoms with E-state index in [4.69, 9.17) is 9.73 Å². The van der Waals surface area contributed by atoms with E-state index >= 15 is 0 Å². The van der Waals surface area contributed by atoms with Crippen molar-refractivity contribution < 1.29 is 4.74 Å². The van der Waals surface area contributed by atoms with Crippen molar-refractivity contribution in [3.8, 4) is 0 Å². The third kappa shape index (κ3) is 6.78. The Kier molecular flexibility index (Phi) is 9.04. The summed E-state index contributed by atoms with van der Waals surface area (Å²) in [5.74, 6) is 0.978. The van der Waals surface area contributed by atoms with E-state index in [-0.39, 0.29) is 0 Å². The van der Waals surface area contributed by atoms with Crippen LogP contribution in [0.25, 0.3) is 0 Å². The predicted molar refractivity (Wildman–Crippen MR) is 106 cm³/mol. The molecule has 5 nitrogen and oxygen atoms in total. The normalized spacial score (nSPS) is 21.2. The van der Waals surface area contributed by atoms with Gasteiger partial charge in [0.1, 0.15) is 0 Å². The lowest BCUT2D eigenvalue weighted by molar-refractivity contribution is 0.141. The first-order valence-electron chi connectivity index (χ1n) is 10.4. The number of methoxy groups -OCH3 is 1. The van der Waals surface area contributed by atoms with Gasteiger partial charge in [0.25, 0.3) is 0 Å². The zero-order valence-corrected chi connectivity index (χ0v) is 16.8. The van der Waals surface area contributed by atoms with Gasteiger partial charge < -0.3 is 20.3 Å². The van der Waals surface area contributed by atoms with E-state index in [1.165, 1.54) is 51.4 Å². The van der Waals surface area contributed by atoms with Crippen molar-refractivity contribution in [3.05, 3.63) is 0 Å². The molecule has 0 amide bonds. The SMILES string of the molecule is CCNC(=NCC1(CCOC)CCCC1)NCCN(C)C1CCCC1. The van der Waals surface area contributed by atoms with Crippen LogP contribution in [0.4, 0.5) is 0 Å². The van der Waals surface area contributed by atoms with Crippen molar-refractivity contribution in [1.29, 1.82) is 0 Å². The lowest BCUT2D eigenvalue weighted by atomic mass is 9.83. The van der Waals surface area contributed by atoms with Gasteiger partial charge in [0.05, 0.1) is 0 Å². The van der Waals surface area contributed by atoms with E-state index < -0.39 is 0 Å². The third-order valence-electron chi connectivity index (χ3n) is 6.12. The van der Waals surface area contributed by atoms with Gasteiger partial charge in [-0.05, 0) is 51.5 Å². The van der Waals surface area contributed by atoms with Crippen molar-refractivity contribution in [1.82, 2.24) is 15.5 Å². The van der Waals surface area contributed by atoms with Gasteiger partial charge in [-0.15, -0.1) is 0 Å². The first-order chi connectivity index (χ1) is 12.2. The Morgan fingerprint density at radius 1 is 1.16 bits per heavy atom. The van der Waals surface area contributed by atoms with Gasteiger partial charge >= 0.3 is 0 Å². The molecule has 2 fully saturated rings. The summed E-state index contributed by atoms with van der Waals surface area (Å²) < 4.78 is 5.34. The van der Waals surface area contributed by atoms with Crippen molar-refractivity contribution in [2.45, 2.75) is 70.8 Å². The van der Waals surface area contributed by atoms with Crippen LogP contribution >= 0.6 is 0 Å². The monoisotopic (exact) mass is 352 g/mol. The van der Waals surface area contributed by atoms with Crippen LogP contribution in [0.5, 0.6) is 0 Å². The zero-order chi connectivity index (χ0) is 18.0. The Morgan fingerprint density at radius 2 is 1.88 bits per heavy atom. The summed E-state index contributed by atoms with van der Waals surface area (Å²) in [7, 11) is 4.07. The Labute approximate surface area is 155 Å². The second-order valence-corrected chi connectivity index (χ2v) is 7.99. The summed E-state index contributed by atoms with van der Waals surface area (Å²) in [6.45, 7) is 6.87. The molecule has 2 N–H and O–H groups in total. The molecule has 2 rings (SSSR count). The third-order valence-corrected chi connectivity index (χ3v) is 6.12. The maximum absolute atomic E-state index is 5.34. The predicted octanol–water partition coefficient (Wildman–Crippen LogP) is 3.01. The fraction of sp³-hybridized carbons (Fsp3) is 0.950. The summed E-state index contributed by atoms with van der Waals surface area (Å²) >= 11 is 0. The highest BCUT2D eigenvalue weighted by molar-refractivity contribution is 5.79. The molecule has 0 aliphatic heterocycles. The zero-order valence-electron chi connectivity index (χ0n) is 16.8. The van der Waals surface area contributed by atoms with E-state index in [9.17, 15) is 0 Å². The van der Waals surface area contributed by atoms with Gasteiger partial charge in [-0.1, -0.05) is 25.7 Å². The van der Waals surface area contributed by atoms with Crippen molar-refractivity contribution >= 4 is 5.96 Å². The summed E-state index contributed by atoms with van der Waals surface area (Å²) in [5.41, 5.74) is 0.360. The largest absolute Gasteiger partial charge is 0.385 e. The molecule has 2 aliphatic rings. The second-order valence-electron chi connectivity index (χ2n) is 7.99. The summed E-state index contributed by atoms with van der Waals surface area (Å²) in [4.78, 5) is 7.45. The summed E-state index contributed by atoms with van der Waals surface area (Å²) in [6.07, 6.45) is 11.9. The number of hydrogen-bond acceptors (Lipinski definition) is 3. The first-order valence-corrected chi connectivity index (χ1v) is 10.4. The Balaban J connectivity index is 1.80. The van der Waals surface area contributed by atoms with Crippen LogP contribution < -0.4 is 10.6 Å². The minimum absolute atomic E-state index is 0.360. The average Bonchev–Trinajstić information content (AvgIpc) is 3.30. The Hall–Kier alpha value is -0.810. The van der Waals surface area contributed by atoms with Crippen LogP contribution in [0.3, 0.4) is 0 Å². The smallest absolute Gasteiger partial charge is 0.191 e. The van der Waals surface area contributed by atoms with Gasteiger partial charge in [0.2, 0.25) is 0 Å². The average molecular weight is 353 g/mol. The summed E-state index contributed by atoms with van der Waals surface area (Å²) in [5, 5.41) is 6.95. The van der Waals surface area contributed by atoms with E-state index in [0.29, 0.717) is 5.41 Å². The number of rotatable bonds is 10. The van der Waals surface area contributed by atoms with Crippen LogP contribution in [0, 0.1) is 5.41 Å². The lowest BCUT2D eigenvalue weighted by Crippen LogP contribution is -2.43. The Bertz CT molecular complexity index is 387. The molecule has 0 spiro atoms. The minimum atomic E-state index is 0.360. The topological polar surface area (TPSA) is 48.9 Å². The number of likely N-dealkylation sites (N-methyl/N-ethyl adjacent to an activating group) is 1. The van der Waals surface area contributed by atoms with Gasteiger partial charge in [-0.2, -0.15) is 0 Å². The van der Waals surface area contributed by atoms with Crippen molar-refractivity contribution in [2.24, 2.45) is 10.4 Å². The van der Waals surface area contributed by atoms with E-state index in [1.807, 2.05) is 0 Å². The summed E-state index contributed by atoms with van der Waals surface area (Å²) in [6, 6.07) is 0.789. The molecular formula is C20H40N4O. The van der Waals surface area contributed by atoms with Crippen LogP contribution in [-0.2, 0) is 4.74 Å². The molecule has 2 saturated carbocycles. The van der Waals surface area contributed by atoms with Crippen LogP contribution in [0.2, 0.25) is 0 Å². The number of hydrogen-bond donors (Lipinski definition) is 2. The molecule has 0 aromatic rings. The molecule has 0 unspecified atom stereocenters. The second kappa shape index (κ2) is 11.0. The highest BCUT2D eigenvalue weighted by Crippen LogP contribution is 2.41. The number of ether oxygens (including phenoxy) is 1. The van der Waals surface area contributed by atoms with Crippen LogP contribution in [0.1, 0.15) is 64.7 Å². The molecule has 146 valence electrons. The molecular weight excluding hydrogens is 312 g/mol. The molecule has 0 radical (unpaired) electrons. The van der Waals surface area contributed by atoms with E-state index in [2.05, 4.69) is 29.5 Å². The highest BCUT2D eigenvalue weighted by atomic mass is 16.5. The number of guanidine groups is 1. The van der Waals surface area contributed by atoms with Gasteiger partial charge in [0, 0.05) is 45.9 Å².